The first-order valence-electron chi connectivity index (χ1n) is 5.76. The van der Waals surface area contributed by atoms with Crippen LogP contribution in [0.5, 0.6) is 0 Å². The SMILES string of the molecule is C=CCOCCOO[C@H](CO)[C@H]1OC[C@H](O)[C@H]1O. The Bertz CT molecular complexity index is 235. The Labute approximate surface area is 105 Å². The van der Waals surface area contributed by atoms with Gasteiger partial charge in [-0.05, 0) is 0 Å². The van der Waals surface area contributed by atoms with Crippen LogP contribution in [0.25, 0.3) is 0 Å². The highest BCUT2D eigenvalue weighted by atomic mass is 17.2. The lowest BCUT2D eigenvalue weighted by atomic mass is 10.1. The van der Waals surface area contributed by atoms with E-state index < -0.39 is 24.4 Å². The third-order valence-corrected chi connectivity index (χ3v) is 2.47. The summed E-state index contributed by atoms with van der Waals surface area (Å²) in [5, 5.41) is 28.0. The Kier molecular flexibility index (Phi) is 7.36. The largest absolute Gasteiger partial charge is 0.393 e. The Morgan fingerprint density at radius 2 is 2.17 bits per heavy atom. The molecule has 0 bridgehead atoms. The van der Waals surface area contributed by atoms with Crippen LogP contribution in [0, 0.1) is 0 Å². The molecule has 1 saturated heterocycles. The van der Waals surface area contributed by atoms with Crippen molar-refractivity contribution in [2.75, 3.05) is 33.0 Å². The Balaban J connectivity index is 2.19. The molecule has 18 heavy (non-hydrogen) atoms. The van der Waals surface area contributed by atoms with Crippen LogP contribution in [-0.4, -0.2) is 72.8 Å². The maximum absolute atomic E-state index is 9.57. The van der Waals surface area contributed by atoms with Crippen LogP contribution >= 0.6 is 0 Å². The van der Waals surface area contributed by atoms with E-state index in [1.54, 1.807) is 6.08 Å². The first-order valence-corrected chi connectivity index (χ1v) is 5.76. The first kappa shape index (κ1) is 15.5. The summed E-state index contributed by atoms with van der Waals surface area (Å²) < 4.78 is 10.2. The zero-order valence-corrected chi connectivity index (χ0v) is 10.1. The van der Waals surface area contributed by atoms with Crippen molar-refractivity contribution in [2.45, 2.75) is 24.4 Å². The van der Waals surface area contributed by atoms with Crippen molar-refractivity contribution in [1.29, 1.82) is 0 Å². The molecule has 0 aromatic heterocycles. The molecule has 3 N–H and O–H groups in total. The minimum Gasteiger partial charge on any atom is -0.393 e. The minimum absolute atomic E-state index is 0.00807. The zero-order valence-electron chi connectivity index (χ0n) is 10.1. The quantitative estimate of drug-likeness (QED) is 0.204. The lowest BCUT2D eigenvalue weighted by Gasteiger charge is -2.22. The van der Waals surface area contributed by atoms with Crippen molar-refractivity contribution < 1.29 is 34.6 Å². The average molecular weight is 264 g/mol. The summed E-state index contributed by atoms with van der Waals surface area (Å²) in [6, 6.07) is 0. The van der Waals surface area contributed by atoms with Gasteiger partial charge in [0, 0.05) is 0 Å². The number of aliphatic hydroxyl groups excluding tert-OH is 3. The highest BCUT2D eigenvalue weighted by molar-refractivity contribution is 4.88. The molecule has 0 radical (unpaired) electrons. The molecule has 4 atom stereocenters. The second-order valence-electron chi connectivity index (χ2n) is 3.86. The van der Waals surface area contributed by atoms with Gasteiger partial charge in [-0.15, -0.1) is 6.58 Å². The Hall–Kier alpha value is -0.540. The maximum Gasteiger partial charge on any atom is 0.145 e. The van der Waals surface area contributed by atoms with Crippen LogP contribution in [0.4, 0.5) is 0 Å². The van der Waals surface area contributed by atoms with Gasteiger partial charge in [-0.2, -0.15) is 0 Å². The Morgan fingerprint density at radius 3 is 2.72 bits per heavy atom. The second kappa shape index (κ2) is 8.54. The fourth-order valence-electron chi connectivity index (χ4n) is 1.54. The molecule has 0 spiro atoms. The molecule has 106 valence electrons. The predicted octanol–water partition coefficient (Wildman–Crippen LogP) is -1.38. The van der Waals surface area contributed by atoms with Crippen molar-refractivity contribution in [1.82, 2.24) is 0 Å². The highest BCUT2D eigenvalue weighted by Crippen LogP contribution is 2.19. The summed E-state index contributed by atoms with van der Waals surface area (Å²) in [6.45, 7) is 4.03. The number of hydrogen-bond donors (Lipinski definition) is 3. The highest BCUT2D eigenvalue weighted by Gasteiger charge is 2.40. The zero-order chi connectivity index (χ0) is 13.4. The van der Waals surface area contributed by atoms with E-state index in [1.807, 2.05) is 0 Å². The summed E-state index contributed by atoms with van der Waals surface area (Å²) >= 11 is 0. The molecule has 0 amide bonds. The van der Waals surface area contributed by atoms with Crippen LogP contribution in [-0.2, 0) is 19.2 Å². The van der Waals surface area contributed by atoms with Crippen molar-refractivity contribution >= 4 is 0 Å². The number of ether oxygens (including phenoxy) is 2. The van der Waals surface area contributed by atoms with Crippen LogP contribution < -0.4 is 0 Å². The standard InChI is InChI=1S/C11H20O7/c1-2-3-15-4-5-17-18-9(6-12)11-10(14)8(13)7-16-11/h2,8-14H,1,3-7H2/t8-,9+,10+,11+/m0/s1. The van der Waals surface area contributed by atoms with Crippen molar-refractivity contribution in [3.63, 3.8) is 0 Å². The fraction of sp³-hybridized carbons (Fsp3) is 0.818. The van der Waals surface area contributed by atoms with Crippen LogP contribution in [0.3, 0.4) is 0 Å². The van der Waals surface area contributed by atoms with E-state index in [2.05, 4.69) is 6.58 Å². The van der Waals surface area contributed by atoms with Gasteiger partial charge in [0.25, 0.3) is 0 Å². The molecule has 1 heterocycles. The molecule has 1 aliphatic heterocycles. The predicted molar refractivity (Wildman–Crippen MR) is 60.7 cm³/mol. The van der Waals surface area contributed by atoms with Gasteiger partial charge in [0.1, 0.15) is 31.0 Å². The van der Waals surface area contributed by atoms with E-state index in [4.69, 9.17) is 24.4 Å². The fourth-order valence-corrected chi connectivity index (χ4v) is 1.54. The molecule has 0 aromatic carbocycles. The molecule has 1 fully saturated rings. The van der Waals surface area contributed by atoms with Gasteiger partial charge in [0.05, 0.1) is 26.4 Å². The first-order chi connectivity index (χ1) is 8.70. The molecule has 0 unspecified atom stereocenters. The Morgan fingerprint density at radius 1 is 1.39 bits per heavy atom. The van der Waals surface area contributed by atoms with Gasteiger partial charge < -0.3 is 24.8 Å². The monoisotopic (exact) mass is 264 g/mol. The van der Waals surface area contributed by atoms with E-state index >= 15 is 0 Å². The molecular weight excluding hydrogens is 244 g/mol. The van der Waals surface area contributed by atoms with Crippen LogP contribution in [0.1, 0.15) is 0 Å². The third-order valence-electron chi connectivity index (χ3n) is 2.47. The van der Waals surface area contributed by atoms with Crippen molar-refractivity contribution in [3.8, 4) is 0 Å². The summed E-state index contributed by atoms with van der Waals surface area (Å²) in [7, 11) is 0. The molecule has 0 saturated carbocycles. The molecule has 0 aromatic rings. The topological polar surface area (TPSA) is 97.6 Å². The molecular formula is C11H20O7. The number of rotatable bonds is 9. The summed E-state index contributed by atoms with van der Waals surface area (Å²) in [5.41, 5.74) is 0. The summed E-state index contributed by atoms with van der Waals surface area (Å²) in [5.74, 6) is 0. The molecule has 7 heteroatoms. The van der Waals surface area contributed by atoms with Gasteiger partial charge in [-0.25, -0.2) is 9.78 Å². The van der Waals surface area contributed by atoms with Crippen molar-refractivity contribution in [2.24, 2.45) is 0 Å². The minimum atomic E-state index is -1.09. The summed E-state index contributed by atoms with van der Waals surface area (Å²) in [4.78, 5) is 9.76. The van der Waals surface area contributed by atoms with Gasteiger partial charge in [0.15, 0.2) is 0 Å². The van der Waals surface area contributed by atoms with Gasteiger partial charge in [-0.3, -0.25) is 0 Å². The van der Waals surface area contributed by atoms with E-state index in [0.29, 0.717) is 13.2 Å². The number of hydrogen-bond acceptors (Lipinski definition) is 7. The molecule has 1 aliphatic rings. The average Bonchev–Trinajstić information content (AvgIpc) is 2.70. The summed E-state index contributed by atoms with van der Waals surface area (Å²) in [6.07, 6.45) is -2.11. The van der Waals surface area contributed by atoms with Gasteiger partial charge in [0.2, 0.25) is 0 Å². The second-order valence-corrected chi connectivity index (χ2v) is 3.86. The molecule has 7 nitrogen and oxygen atoms in total. The van der Waals surface area contributed by atoms with E-state index in [0.717, 1.165) is 0 Å². The normalized spacial score (nSPS) is 29.4. The van der Waals surface area contributed by atoms with E-state index in [-0.39, 0.29) is 19.8 Å². The lowest BCUT2D eigenvalue weighted by Crippen LogP contribution is -2.42. The molecule has 1 rings (SSSR count). The smallest absolute Gasteiger partial charge is 0.145 e. The number of aliphatic hydroxyl groups is 3. The lowest BCUT2D eigenvalue weighted by molar-refractivity contribution is -0.349. The maximum atomic E-state index is 9.57. The van der Waals surface area contributed by atoms with Crippen LogP contribution in [0.15, 0.2) is 12.7 Å². The van der Waals surface area contributed by atoms with Crippen molar-refractivity contribution in [3.05, 3.63) is 12.7 Å². The molecule has 0 aliphatic carbocycles. The van der Waals surface area contributed by atoms with Gasteiger partial charge >= 0.3 is 0 Å². The van der Waals surface area contributed by atoms with E-state index in [1.165, 1.54) is 0 Å². The van der Waals surface area contributed by atoms with Gasteiger partial charge in [-0.1, -0.05) is 6.08 Å². The van der Waals surface area contributed by atoms with Crippen LogP contribution in [0.2, 0.25) is 0 Å². The van der Waals surface area contributed by atoms with E-state index in [9.17, 15) is 10.2 Å². The third kappa shape index (κ3) is 4.62.